The normalized spacial score (nSPS) is 18.7. The third-order valence-electron chi connectivity index (χ3n) is 5.42. The second-order valence-corrected chi connectivity index (χ2v) is 7.23. The van der Waals surface area contributed by atoms with E-state index >= 15 is 0 Å². The number of hydrogen-bond acceptors (Lipinski definition) is 7. The molecule has 10 heteroatoms. The van der Waals surface area contributed by atoms with E-state index in [-0.39, 0.29) is 29.2 Å². The van der Waals surface area contributed by atoms with E-state index in [1.807, 2.05) is 35.2 Å². The van der Waals surface area contributed by atoms with Gasteiger partial charge < -0.3 is 15.1 Å². The first-order chi connectivity index (χ1) is 14.7. The number of nitrogens with zero attached hydrogens (tertiary/aromatic N) is 7. The Kier molecular flexibility index (Phi) is 4.58. The summed E-state index contributed by atoms with van der Waals surface area (Å²) >= 11 is 0. The highest BCUT2D eigenvalue weighted by Crippen LogP contribution is 2.23. The summed E-state index contributed by atoms with van der Waals surface area (Å²) in [4.78, 5) is 38.1. The second-order valence-electron chi connectivity index (χ2n) is 7.23. The van der Waals surface area contributed by atoms with Crippen LogP contribution in [0.15, 0.2) is 48.8 Å². The Labute approximate surface area is 172 Å². The summed E-state index contributed by atoms with van der Waals surface area (Å²) in [6.45, 7) is 2.66. The maximum atomic E-state index is 13.1. The maximum Gasteiger partial charge on any atom is 0.277 e. The van der Waals surface area contributed by atoms with Crippen molar-refractivity contribution in [3.8, 4) is 0 Å². The Hall–Kier alpha value is -3.82. The van der Waals surface area contributed by atoms with Crippen LogP contribution < -0.4 is 10.2 Å². The molecular formula is C20H20N8O2. The number of anilines is 1. The van der Waals surface area contributed by atoms with E-state index in [0.717, 1.165) is 5.56 Å². The molecule has 30 heavy (non-hydrogen) atoms. The van der Waals surface area contributed by atoms with Gasteiger partial charge in [0.15, 0.2) is 11.4 Å². The van der Waals surface area contributed by atoms with Crippen molar-refractivity contribution in [2.75, 3.05) is 31.1 Å². The predicted molar refractivity (Wildman–Crippen MR) is 107 cm³/mol. The average molecular weight is 404 g/mol. The summed E-state index contributed by atoms with van der Waals surface area (Å²) in [5.74, 6) is 0.0370. The zero-order chi connectivity index (χ0) is 20.5. The highest BCUT2D eigenvalue weighted by Gasteiger charge is 2.35. The topological polar surface area (TPSA) is 109 Å². The van der Waals surface area contributed by atoms with Crippen molar-refractivity contribution >= 4 is 17.8 Å². The quantitative estimate of drug-likeness (QED) is 0.678. The number of fused-ring (bicyclic) bond motifs is 1. The number of rotatable bonds is 3. The van der Waals surface area contributed by atoms with Crippen molar-refractivity contribution in [1.82, 2.24) is 35.2 Å². The lowest BCUT2D eigenvalue weighted by molar-refractivity contribution is 0.0730. The standard InChI is InChI=1S/C20H20N8O2/c29-18-17-16(24-25-28(17)13-15(23-18)14-5-2-1-3-6-14)19(30)26-9-11-27(12-10-26)20-21-7-4-8-22-20/h1-8,15H,9-13H2,(H,23,29). The Balaban J connectivity index is 1.30. The third-order valence-corrected chi connectivity index (χ3v) is 5.42. The fraction of sp³-hybridized carbons (Fsp3) is 0.300. The van der Waals surface area contributed by atoms with Crippen molar-refractivity contribution in [3.05, 3.63) is 65.7 Å². The lowest BCUT2D eigenvalue weighted by atomic mass is 10.0. The Morgan fingerprint density at radius 3 is 2.47 bits per heavy atom. The molecule has 1 fully saturated rings. The molecule has 0 saturated carbocycles. The van der Waals surface area contributed by atoms with Crippen LogP contribution in [0, 0.1) is 0 Å². The molecule has 0 spiro atoms. The van der Waals surface area contributed by atoms with Gasteiger partial charge in [-0.1, -0.05) is 35.5 Å². The van der Waals surface area contributed by atoms with Gasteiger partial charge in [0.25, 0.3) is 11.8 Å². The van der Waals surface area contributed by atoms with Gasteiger partial charge in [-0.05, 0) is 11.6 Å². The predicted octanol–water partition coefficient (Wildman–Crippen LogP) is 0.515. The van der Waals surface area contributed by atoms with Crippen molar-refractivity contribution in [2.45, 2.75) is 12.6 Å². The van der Waals surface area contributed by atoms with Gasteiger partial charge in [-0.25, -0.2) is 14.6 Å². The van der Waals surface area contributed by atoms with Gasteiger partial charge in [0.2, 0.25) is 5.95 Å². The lowest BCUT2D eigenvalue weighted by Gasteiger charge is -2.34. The monoisotopic (exact) mass is 404 g/mol. The molecule has 2 aliphatic rings. The van der Waals surface area contributed by atoms with Crippen LogP contribution in [0.4, 0.5) is 5.95 Å². The van der Waals surface area contributed by atoms with E-state index in [1.165, 1.54) is 4.68 Å². The Bertz CT molecular complexity index is 1060. The first kappa shape index (κ1) is 18.2. The minimum atomic E-state index is -0.334. The molecule has 1 atom stereocenters. The first-order valence-electron chi connectivity index (χ1n) is 9.81. The molecule has 4 heterocycles. The molecule has 0 aliphatic carbocycles. The molecule has 2 aliphatic heterocycles. The van der Waals surface area contributed by atoms with Crippen molar-refractivity contribution in [1.29, 1.82) is 0 Å². The molecule has 0 bridgehead atoms. The minimum absolute atomic E-state index is 0.100. The number of carbonyl (C=O) groups excluding carboxylic acids is 2. The largest absolute Gasteiger partial charge is 0.342 e. The number of hydrogen-bond donors (Lipinski definition) is 1. The number of nitrogens with one attached hydrogen (secondary N) is 1. The Morgan fingerprint density at radius 2 is 1.73 bits per heavy atom. The van der Waals surface area contributed by atoms with Crippen LogP contribution in [0.1, 0.15) is 32.6 Å². The molecular weight excluding hydrogens is 384 g/mol. The zero-order valence-electron chi connectivity index (χ0n) is 16.2. The molecule has 10 nitrogen and oxygen atoms in total. The van der Waals surface area contributed by atoms with Crippen LogP contribution in [-0.4, -0.2) is 67.9 Å². The van der Waals surface area contributed by atoms with Crippen LogP contribution in [0.25, 0.3) is 0 Å². The fourth-order valence-corrected chi connectivity index (χ4v) is 3.84. The van der Waals surface area contributed by atoms with Gasteiger partial charge in [0.1, 0.15) is 0 Å². The highest BCUT2D eigenvalue weighted by atomic mass is 16.2. The minimum Gasteiger partial charge on any atom is -0.342 e. The number of amides is 2. The molecule has 1 N–H and O–H groups in total. The van der Waals surface area contributed by atoms with E-state index in [1.54, 1.807) is 23.4 Å². The summed E-state index contributed by atoms with van der Waals surface area (Å²) in [5.41, 5.74) is 1.31. The van der Waals surface area contributed by atoms with Crippen molar-refractivity contribution < 1.29 is 9.59 Å². The summed E-state index contributed by atoms with van der Waals surface area (Å²) in [6.07, 6.45) is 3.40. The third kappa shape index (κ3) is 3.25. The van der Waals surface area contributed by atoms with Crippen LogP contribution in [0.3, 0.4) is 0 Å². The van der Waals surface area contributed by atoms with E-state index in [2.05, 4.69) is 25.6 Å². The molecule has 0 radical (unpaired) electrons. The van der Waals surface area contributed by atoms with E-state index in [9.17, 15) is 9.59 Å². The highest BCUT2D eigenvalue weighted by molar-refractivity contribution is 6.05. The number of piperazine rings is 1. The van der Waals surface area contributed by atoms with Gasteiger partial charge >= 0.3 is 0 Å². The van der Waals surface area contributed by atoms with Gasteiger partial charge in [-0.2, -0.15) is 0 Å². The van der Waals surface area contributed by atoms with Crippen molar-refractivity contribution in [2.24, 2.45) is 0 Å². The van der Waals surface area contributed by atoms with Gasteiger partial charge in [0.05, 0.1) is 12.6 Å². The van der Waals surface area contributed by atoms with E-state index in [0.29, 0.717) is 38.7 Å². The van der Waals surface area contributed by atoms with Crippen molar-refractivity contribution in [3.63, 3.8) is 0 Å². The van der Waals surface area contributed by atoms with Gasteiger partial charge in [-0.15, -0.1) is 5.10 Å². The molecule has 1 unspecified atom stereocenters. The van der Waals surface area contributed by atoms with Crippen LogP contribution in [-0.2, 0) is 6.54 Å². The summed E-state index contributed by atoms with van der Waals surface area (Å²) in [6, 6.07) is 11.2. The lowest BCUT2D eigenvalue weighted by Crippen LogP contribution is -2.50. The molecule has 152 valence electrons. The Morgan fingerprint density at radius 1 is 1.00 bits per heavy atom. The average Bonchev–Trinajstić information content (AvgIpc) is 3.25. The molecule has 1 saturated heterocycles. The maximum absolute atomic E-state index is 13.1. The summed E-state index contributed by atoms with van der Waals surface area (Å²) in [5, 5.41) is 11.1. The van der Waals surface area contributed by atoms with Crippen LogP contribution in [0.5, 0.6) is 0 Å². The fourth-order valence-electron chi connectivity index (χ4n) is 3.84. The number of benzene rings is 1. The van der Waals surface area contributed by atoms with E-state index < -0.39 is 0 Å². The van der Waals surface area contributed by atoms with Crippen LogP contribution >= 0.6 is 0 Å². The van der Waals surface area contributed by atoms with E-state index in [4.69, 9.17) is 0 Å². The number of carbonyl (C=O) groups is 2. The molecule has 1 aromatic carbocycles. The molecule has 3 aromatic rings. The zero-order valence-corrected chi connectivity index (χ0v) is 16.2. The molecule has 5 rings (SSSR count). The van der Waals surface area contributed by atoms with Crippen LogP contribution in [0.2, 0.25) is 0 Å². The SMILES string of the molecule is O=C1NC(c2ccccc2)Cn2nnc(C(=O)N3CCN(c4ncccn4)CC3)c21. The second kappa shape index (κ2) is 7.54. The van der Waals surface area contributed by atoms with Gasteiger partial charge in [-0.3, -0.25) is 9.59 Å². The summed E-state index contributed by atoms with van der Waals surface area (Å²) < 4.78 is 1.53. The number of aromatic nitrogens is 5. The summed E-state index contributed by atoms with van der Waals surface area (Å²) in [7, 11) is 0. The molecule has 2 amide bonds. The molecule has 2 aromatic heterocycles. The smallest absolute Gasteiger partial charge is 0.277 e. The van der Waals surface area contributed by atoms with Gasteiger partial charge in [0, 0.05) is 38.6 Å². The first-order valence-corrected chi connectivity index (χ1v) is 9.81.